The number of ketones is 1. The lowest BCUT2D eigenvalue weighted by Gasteiger charge is -2.11. The number of hydrogen-bond acceptors (Lipinski definition) is 3. The van der Waals surface area contributed by atoms with Crippen LogP contribution >= 0.6 is 0 Å². The van der Waals surface area contributed by atoms with Crippen LogP contribution in [0.1, 0.15) is 35.3 Å². The molecule has 0 atom stereocenters. The van der Waals surface area contributed by atoms with Crippen molar-refractivity contribution in [3.05, 3.63) is 70.8 Å². The highest BCUT2D eigenvalue weighted by Gasteiger charge is 2.10. The van der Waals surface area contributed by atoms with Crippen molar-refractivity contribution in [1.82, 2.24) is 0 Å². The summed E-state index contributed by atoms with van der Waals surface area (Å²) < 4.78 is 0. The molecule has 5 nitrogen and oxygen atoms in total. The monoisotopic (exact) mass is 350 g/mol. The van der Waals surface area contributed by atoms with E-state index in [-0.39, 0.29) is 11.7 Å². The molecule has 0 saturated carbocycles. The van der Waals surface area contributed by atoms with Crippen LogP contribution in [0.3, 0.4) is 0 Å². The first-order chi connectivity index (χ1) is 12.3. The minimum atomic E-state index is -0.408. The number of carbonyl (C=O) groups is 3. The molecule has 2 N–H and O–H groups in total. The van der Waals surface area contributed by atoms with Gasteiger partial charge in [-0.15, -0.1) is 0 Å². The average Bonchev–Trinajstić information content (AvgIpc) is 2.58. The number of para-hydroxylation sites is 1. The van der Waals surface area contributed by atoms with Crippen LogP contribution in [0.5, 0.6) is 0 Å². The molecule has 134 valence electrons. The van der Waals surface area contributed by atoms with Crippen LogP contribution in [-0.2, 0) is 9.59 Å². The first-order valence-corrected chi connectivity index (χ1v) is 8.26. The van der Waals surface area contributed by atoms with Gasteiger partial charge in [0.05, 0.1) is 0 Å². The smallest absolute Gasteiger partial charge is 0.251 e. The summed E-state index contributed by atoms with van der Waals surface area (Å²) in [5, 5.41) is 5.52. The number of hydrogen-bond donors (Lipinski definition) is 2. The molecular weight excluding hydrogens is 328 g/mol. The number of benzene rings is 2. The lowest BCUT2D eigenvalue weighted by molar-refractivity contribution is -0.114. The Kier molecular flexibility index (Phi) is 6.07. The standard InChI is InChI=1S/C21H22N2O3/c1-13-6-5-7-14(2)20(13)23-21(26)15(3)12-19(25)22-18-10-8-17(9-11-18)16(4)24/h5-12H,1-4H3,(H,22,25)(H,23,26)/b15-12-. The van der Waals surface area contributed by atoms with Crippen LogP contribution in [-0.4, -0.2) is 17.6 Å². The zero-order valence-electron chi connectivity index (χ0n) is 15.3. The molecule has 0 unspecified atom stereocenters. The van der Waals surface area contributed by atoms with Gasteiger partial charge in [-0.2, -0.15) is 0 Å². The van der Waals surface area contributed by atoms with Crippen molar-refractivity contribution in [2.75, 3.05) is 10.6 Å². The molecule has 0 aliphatic carbocycles. The van der Waals surface area contributed by atoms with Crippen molar-refractivity contribution in [3.63, 3.8) is 0 Å². The van der Waals surface area contributed by atoms with Gasteiger partial charge >= 0.3 is 0 Å². The summed E-state index contributed by atoms with van der Waals surface area (Å²) in [5.74, 6) is -0.777. The van der Waals surface area contributed by atoms with Crippen LogP contribution in [0.25, 0.3) is 0 Å². The van der Waals surface area contributed by atoms with Crippen LogP contribution < -0.4 is 10.6 Å². The van der Waals surface area contributed by atoms with Gasteiger partial charge < -0.3 is 10.6 Å². The number of Topliss-reactive ketones (excluding diaryl/α,β-unsaturated/α-hetero) is 1. The normalized spacial score (nSPS) is 11.0. The van der Waals surface area contributed by atoms with Gasteiger partial charge in [0.2, 0.25) is 5.91 Å². The van der Waals surface area contributed by atoms with Gasteiger partial charge in [0.1, 0.15) is 0 Å². The third kappa shape index (κ3) is 4.89. The largest absolute Gasteiger partial charge is 0.323 e. The Morgan fingerprint density at radius 2 is 1.42 bits per heavy atom. The Balaban J connectivity index is 2.04. The van der Waals surface area contributed by atoms with Gasteiger partial charge in [-0.1, -0.05) is 18.2 Å². The van der Waals surface area contributed by atoms with E-state index in [1.54, 1.807) is 31.2 Å². The van der Waals surface area contributed by atoms with E-state index in [1.807, 2.05) is 32.0 Å². The molecule has 26 heavy (non-hydrogen) atoms. The predicted octanol–water partition coefficient (Wildman–Crippen LogP) is 4.03. The Hall–Kier alpha value is -3.21. The summed E-state index contributed by atoms with van der Waals surface area (Å²) in [6.07, 6.45) is 1.25. The maximum absolute atomic E-state index is 12.3. The molecule has 2 aromatic rings. The number of anilines is 2. The molecule has 2 rings (SSSR count). The number of aryl methyl sites for hydroxylation is 2. The van der Waals surface area contributed by atoms with Crippen LogP contribution in [0.15, 0.2) is 54.1 Å². The van der Waals surface area contributed by atoms with Crippen molar-refractivity contribution < 1.29 is 14.4 Å². The Morgan fingerprint density at radius 1 is 0.846 bits per heavy atom. The zero-order valence-corrected chi connectivity index (χ0v) is 15.3. The maximum atomic E-state index is 12.3. The molecule has 0 saturated heterocycles. The second-order valence-corrected chi connectivity index (χ2v) is 6.17. The van der Waals surface area contributed by atoms with Crippen molar-refractivity contribution >= 4 is 29.0 Å². The molecule has 0 fully saturated rings. The second kappa shape index (κ2) is 8.25. The molecule has 2 amide bonds. The number of nitrogens with one attached hydrogen (secondary N) is 2. The maximum Gasteiger partial charge on any atom is 0.251 e. The zero-order chi connectivity index (χ0) is 19.3. The van der Waals surface area contributed by atoms with E-state index in [1.165, 1.54) is 13.0 Å². The number of amides is 2. The summed E-state index contributed by atoms with van der Waals surface area (Å²) in [6.45, 7) is 6.90. The second-order valence-electron chi connectivity index (χ2n) is 6.17. The molecule has 0 aliphatic heterocycles. The van der Waals surface area contributed by atoms with Gasteiger partial charge in [0.25, 0.3) is 5.91 Å². The van der Waals surface area contributed by atoms with Crippen molar-refractivity contribution in [1.29, 1.82) is 0 Å². The van der Waals surface area contributed by atoms with E-state index in [0.29, 0.717) is 16.8 Å². The van der Waals surface area contributed by atoms with E-state index < -0.39 is 5.91 Å². The first kappa shape index (κ1) is 19.1. The Labute approximate surface area is 153 Å². The van der Waals surface area contributed by atoms with Crippen molar-refractivity contribution in [2.24, 2.45) is 0 Å². The van der Waals surface area contributed by atoms with Crippen molar-refractivity contribution in [2.45, 2.75) is 27.7 Å². The Morgan fingerprint density at radius 3 is 1.96 bits per heavy atom. The summed E-state index contributed by atoms with van der Waals surface area (Å²) >= 11 is 0. The quantitative estimate of drug-likeness (QED) is 0.631. The molecule has 0 spiro atoms. The summed E-state index contributed by atoms with van der Waals surface area (Å²) in [7, 11) is 0. The average molecular weight is 350 g/mol. The highest BCUT2D eigenvalue weighted by Crippen LogP contribution is 2.20. The SMILES string of the molecule is CC(=O)c1ccc(NC(=O)/C=C(/C)C(=O)Nc2c(C)cccc2C)cc1. The Bertz CT molecular complexity index is 860. The summed E-state index contributed by atoms with van der Waals surface area (Å²) in [5.41, 5.74) is 4.10. The molecule has 0 radical (unpaired) electrons. The van der Waals surface area contributed by atoms with Gasteiger partial charge in [-0.05, 0) is 63.1 Å². The van der Waals surface area contributed by atoms with Crippen molar-refractivity contribution in [3.8, 4) is 0 Å². The highest BCUT2D eigenvalue weighted by atomic mass is 16.2. The van der Waals surface area contributed by atoms with Gasteiger partial charge in [-0.3, -0.25) is 14.4 Å². The minimum Gasteiger partial charge on any atom is -0.323 e. The molecule has 0 heterocycles. The lowest BCUT2D eigenvalue weighted by Crippen LogP contribution is -2.17. The van der Waals surface area contributed by atoms with Crippen LogP contribution in [0.4, 0.5) is 11.4 Å². The topological polar surface area (TPSA) is 75.3 Å². The van der Waals surface area contributed by atoms with Crippen LogP contribution in [0, 0.1) is 13.8 Å². The fraction of sp³-hybridized carbons (Fsp3) is 0.190. The fourth-order valence-electron chi connectivity index (χ4n) is 2.45. The van der Waals surface area contributed by atoms with E-state index in [2.05, 4.69) is 10.6 Å². The molecule has 0 aliphatic rings. The van der Waals surface area contributed by atoms with E-state index >= 15 is 0 Å². The number of rotatable bonds is 5. The molecule has 0 aromatic heterocycles. The van der Waals surface area contributed by atoms with Gasteiger partial charge in [0.15, 0.2) is 5.78 Å². The molecule has 2 aromatic carbocycles. The third-order valence-corrected chi connectivity index (χ3v) is 3.98. The predicted molar refractivity (Wildman–Crippen MR) is 103 cm³/mol. The lowest BCUT2D eigenvalue weighted by atomic mass is 10.1. The summed E-state index contributed by atoms with van der Waals surface area (Å²) in [4.78, 5) is 35.7. The highest BCUT2D eigenvalue weighted by molar-refractivity contribution is 6.10. The molecular formula is C21H22N2O3. The molecule has 5 heteroatoms. The fourth-order valence-corrected chi connectivity index (χ4v) is 2.45. The van der Waals surface area contributed by atoms with Gasteiger partial charge in [-0.25, -0.2) is 0 Å². The first-order valence-electron chi connectivity index (χ1n) is 8.26. The summed E-state index contributed by atoms with van der Waals surface area (Å²) in [6, 6.07) is 12.3. The third-order valence-electron chi connectivity index (χ3n) is 3.98. The van der Waals surface area contributed by atoms with E-state index in [0.717, 1.165) is 16.8 Å². The number of carbonyl (C=O) groups excluding carboxylic acids is 3. The van der Waals surface area contributed by atoms with E-state index in [4.69, 9.17) is 0 Å². The van der Waals surface area contributed by atoms with Crippen LogP contribution in [0.2, 0.25) is 0 Å². The van der Waals surface area contributed by atoms with E-state index in [9.17, 15) is 14.4 Å². The van der Waals surface area contributed by atoms with Gasteiger partial charge in [0, 0.05) is 28.6 Å². The minimum absolute atomic E-state index is 0.0400. The molecule has 0 bridgehead atoms.